The number of halogens is 3. The van der Waals surface area contributed by atoms with E-state index in [9.17, 15) is 22.8 Å². The van der Waals surface area contributed by atoms with Gasteiger partial charge in [0.1, 0.15) is 18.1 Å². The first-order valence-electron chi connectivity index (χ1n) is 14.6. The Bertz CT molecular complexity index is 1540. The van der Waals surface area contributed by atoms with Crippen LogP contribution in [0, 0.1) is 0 Å². The average Bonchev–Trinajstić information content (AvgIpc) is 3.03. The lowest BCUT2D eigenvalue weighted by molar-refractivity contribution is -0.151. The van der Waals surface area contributed by atoms with E-state index in [1.165, 1.54) is 11.6 Å². The summed E-state index contributed by atoms with van der Waals surface area (Å²) in [4.78, 5) is 29.0. The van der Waals surface area contributed by atoms with Crippen molar-refractivity contribution < 1.29 is 37.0 Å². The fraction of sp³-hybridized carbons (Fsp3) is 0.286. The zero-order valence-corrected chi connectivity index (χ0v) is 25.3. The second kappa shape index (κ2) is 15.2. The minimum Gasteiger partial charge on any atom is -0.492 e. The molecule has 7 nitrogen and oxygen atoms in total. The number of benzene rings is 3. The molecule has 0 bridgehead atoms. The highest BCUT2D eigenvalue weighted by atomic mass is 19.4. The van der Waals surface area contributed by atoms with Gasteiger partial charge in [-0.05, 0) is 72.5 Å². The maximum Gasteiger partial charge on any atom is 0.417 e. The number of esters is 1. The van der Waals surface area contributed by atoms with Gasteiger partial charge in [-0.3, -0.25) is 9.78 Å². The summed E-state index contributed by atoms with van der Waals surface area (Å²) < 4.78 is 55.3. The van der Waals surface area contributed by atoms with Gasteiger partial charge in [0, 0.05) is 23.7 Å². The van der Waals surface area contributed by atoms with Crippen LogP contribution < -0.4 is 14.8 Å². The maximum absolute atomic E-state index is 12.8. The standard InChI is InChI=1S/C35H35F3N2O5/c1-4-43-34(42)32(45-30-16-11-25(12-17-30)23(2)3)21-24-5-14-29(15-6-24)44-20-19-39-33(41)27-9-7-26(8-10-27)31-18-13-28(22-40-31)35(36,37)38/h5-18,22-23,32H,4,19-21H2,1-3H3,(H,39,41). The van der Waals surface area contributed by atoms with Crippen LogP contribution in [-0.4, -0.2) is 42.7 Å². The van der Waals surface area contributed by atoms with Crippen molar-refractivity contribution in [2.75, 3.05) is 19.8 Å². The molecule has 3 aromatic carbocycles. The lowest BCUT2D eigenvalue weighted by Gasteiger charge is -2.18. The van der Waals surface area contributed by atoms with Gasteiger partial charge in [-0.25, -0.2) is 4.79 Å². The second-order valence-corrected chi connectivity index (χ2v) is 10.5. The first-order valence-corrected chi connectivity index (χ1v) is 14.6. The Balaban J connectivity index is 1.25. The van der Waals surface area contributed by atoms with Crippen LogP contribution in [0.5, 0.6) is 11.5 Å². The van der Waals surface area contributed by atoms with Crippen molar-refractivity contribution in [1.82, 2.24) is 10.3 Å². The number of nitrogens with one attached hydrogen (secondary N) is 1. The summed E-state index contributed by atoms with van der Waals surface area (Å²) in [5.41, 5.74) is 2.57. The number of rotatable bonds is 13. The highest BCUT2D eigenvalue weighted by Crippen LogP contribution is 2.30. The van der Waals surface area contributed by atoms with E-state index in [0.717, 1.165) is 17.8 Å². The smallest absolute Gasteiger partial charge is 0.417 e. The number of alkyl halides is 3. The molecule has 1 atom stereocenters. The van der Waals surface area contributed by atoms with E-state index in [1.807, 2.05) is 36.4 Å². The van der Waals surface area contributed by atoms with Crippen LogP contribution >= 0.6 is 0 Å². The number of ether oxygens (including phenoxy) is 3. The third kappa shape index (κ3) is 9.56. The quantitative estimate of drug-likeness (QED) is 0.125. The van der Waals surface area contributed by atoms with Crippen molar-refractivity contribution in [3.05, 3.63) is 113 Å². The number of amides is 1. The van der Waals surface area contributed by atoms with Gasteiger partial charge in [0.2, 0.25) is 0 Å². The molecule has 0 radical (unpaired) electrons. The minimum absolute atomic E-state index is 0.222. The van der Waals surface area contributed by atoms with Crippen LogP contribution in [0.15, 0.2) is 91.1 Å². The molecule has 236 valence electrons. The molecule has 0 aliphatic carbocycles. The summed E-state index contributed by atoms with van der Waals surface area (Å²) in [5.74, 6) is 0.821. The van der Waals surface area contributed by atoms with E-state index >= 15 is 0 Å². The van der Waals surface area contributed by atoms with Gasteiger partial charge in [-0.1, -0.05) is 50.2 Å². The highest BCUT2D eigenvalue weighted by molar-refractivity contribution is 5.94. The molecule has 45 heavy (non-hydrogen) atoms. The number of hydrogen-bond acceptors (Lipinski definition) is 6. The largest absolute Gasteiger partial charge is 0.492 e. The molecule has 1 aromatic heterocycles. The van der Waals surface area contributed by atoms with Crippen LogP contribution in [0.3, 0.4) is 0 Å². The van der Waals surface area contributed by atoms with Crippen LogP contribution in [0.4, 0.5) is 13.2 Å². The average molecular weight is 621 g/mol. The molecule has 0 fully saturated rings. The number of nitrogens with zero attached hydrogens (tertiary/aromatic N) is 1. The molecular weight excluding hydrogens is 585 g/mol. The van der Waals surface area contributed by atoms with Gasteiger partial charge >= 0.3 is 12.1 Å². The Hall–Kier alpha value is -4.86. The van der Waals surface area contributed by atoms with Crippen LogP contribution in [0.2, 0.25) is 0 Å². The van der Waals surface area contributed by atoms with Gasteiger partial charge in [-0.15, -0.1) is 0 Å². The Morgan fingerprint density at radius 2 is 1.53 bits per heavy atom. The van der Waals surface area contributed by atoms with Gasteiger partial charge in [0.15, 0.2) is 6.10 Å². The van der Waals surface area contributed by atoms with Crippen molar-refractivity contribution >= 4 is 11.9 Å². The van der Waals surface area contributed by atoms with E-state index in [1.54, 1.807) is 43.3 Å². The summed E-state index contributed by atoms with van der Waals surface area (Å²) in [5, 5.41) is 2.77. The number of carbonyl (C=O) groups is 2. The number of pyridine rings is 1. The van der Waals surface area contributed by atoms with Crippen molar-refractivity contribution in [2.24, 2.45) is 0 Å². The summed E-state index contributed by atoms with van der Waals surface area (Å²) >= 11 is 0. The molecule has 4 rings (SSSR count). The molecule has 1 unspecified atom stereocenters. The zero-order valence-electron chi connectivity index (χ0n) is 25.3. The van der Waals surface area contributed by atoms with E-state index in [0.29, 0.717) is 40.7 Å². The number of aromatic nitrogens is 1. The minimum atomic E-state index is -4.45. The predicted octanol–water partition coefficient (Wildman–Crippen LogP) is 7.25. The zero-order chi connectivity index (χ0) is 32.4. The van der Waals surface area contributed by atoms with E-state index in [4.69, 9.17) is 14.2 Å². The molecule has 0 aliphatic rings. The van der Waals surface area contributed by atoms with E-state index < -0.39 is 23.8 Å². The van der Waals surface area contributed by atoms with Crippen molar-refractivity contribution in [2.45, 2.75) is 45.4 Å². The van der Waals surface area contributed by atoms with Crippen LogP contribution in [0.1, 0.15) is 53.7 Å². The lowest BCUT2D eigenvalue weighted by atomic mass is 10.0. The van der Waals surface area contributed by atoms with Gasteiger partial charge < -0.3 is 19.5 Å². The van der Waals surface area contributed by atoms with Crippen molar-refractivity contribution in [3.63, 3.8) is 0 Å². The Labute approximate surface area is 260 Å². The van der Waals surface area contributed by atoms with Gasteiger partial charge in [-0.2, -0.15) is 13.2 Å². The third-order valence-corrected chi connectivity index (χ3v) is 6.91. The number of hydrogen-bond donors (Lipinski definition) is 1. The Kier molecular flexibility index (Phi) is 11.2. The Morgan fingerprint density at radius 1 is 0.867 bits per heavy atom. The first kappa shape index (κ1) is 33.0. The third-order valence-electron chi connectivity index (χ3n) is 6.91. The summed E-state index contributed by atoms with van der Waals surface area (Å²) in [6, 6.07) is 23.6. The molecule has 4 aromatic rings. The van der Waals surface area contributed by atoms with Crippen molar-refractivity contribution in [3.8, 4) is 22.8 Å². The normalized spacial score (nSPS) is 12.0. The molecule has 1 N–H and O–H groups in total. The summed E-state index contributed by atoms with van der Waals surface area (Å²) in [6.45, 7) is 6.69. The topological polar surface area (TPSA) is 86.8 Å². The molecule has 0 saturated heterocycles. The van der Waals surface area contributed by atoms with E-state index in [-0.39, 0.29) is 25.7 Å². The molecule has 10 heteroatoms. The predicted molar refractivity (Wildman–Crippen MR) is 164 cm³/mol. The van der Waals surface area contributed by atoms with Crippen LogP contribution in [0.25, 0.3) is 11.3 Å². The molecule has 1 heterocycles. The SMILES string of the molecule is CCOC(=O)C(Cc1ccc(OCCNC(=O)c2ccc(-c3ccc(C(F)(F)F)cn3)cc2)cc1)Oc1ccc(C(C)C)cc1. The fourth-order valence-electron chi connectivity index (χ4n) is 4.40. The molecule has 0 aliphatic heterocycles. The molecule has 1 amide bonds. The Morgan fingerprint density at radius 3 is 2.11 bits per heavy atom. The van der Waals surface area contributed by atoms with Gasteiger partial charge in [0.05, 0.1) is 24.4 Å². The van der Waals surface area contributed by atoms with Gasteiger partial charge in [0.25, 0.3) is 5.91 Å². The number of carbonyl (C=O) groups excluding carboxylic acids is 2. The van der Waals surface area contributed by atoms with E-state index in [2.05, 4.69) is 24.1 Å². The molecular formula is C35H35F3N2O5. The summed E-state index contributed by atoms with van der Waals surface area (Å²) in [6.07, 6.45) is -4.16. The van der Waals surface area contributed by atoms with Crippen molar-refractivity contribution in [1.29, 1.82) is 0 Å². The summed E-state index contributed by atoms with van der Waals surface area (Å²) in [7, 11) is 0. The molecule has 0 spiro atoms. The molecule has 0 saturated carbocycles. The lowest BCUT2D eigenvalue weighted by Crippen LogP contribution is -2.31. The first-order chi connectivity index (χ1) is 21.5. The highest BCUT2D eigenvalue weighted by Gasteiger charge is 2.30. The second-order valence-electron chi connectivity index (χ2n) is 10.5. The fourth-order valence-corrected chi connectivity index (χ4v) is 4.40. The maximum atomic E-state index is 12.8. The monoisotopic (exact) mass is 620 g/mol. The van der Waals surface area contributed by atoms with Crippen LogP contribution in [-0.2, 0) is 22.1 Å².